The number of hydrogen-bond donors (Lipinski definition) is 0. The zero-order valence-corrected chi connectivity index (χ0v) is 19.3. The molecule has 1 heterocycles. The van der Waals surface area contributed by atoms with Crippen molar-refractivity contribution in [2.24, 2.45) is 0 Å². The van der Waals surface area contributed by atoms with E-state index in [9.17, 15) is 4.39 Å². The third-order valence-electron chi connectivity index (χ3n) is 5.97. The molecule has 4 aromatic rings. The third kappa shape index (κ3) is 6.39. The van der Waals surface area contributed by atoms with Crippen LogP contribution < -0.4 is 0 Å². The number of hydrogen-bond acceptors (Lipinski definition) is 2. The largest absolute Gasteiger partial charge is 0.327 e. The second kappa shape index (κ2) is 11.6. The Morgan fingerprint density at radius 1 is 0.818 bits per heavy atom. The van der Waals surface area contributed by atoms with Crippen LogP contribution in [-0.2, 0) is 26.1 Å². The van der Waals surface area contributed by atoms with Gasteiger partial charge in [-0.05, 0) is 36.1 Å². The van der Waals surface area contributed by atoms with Gasteiger partial charge in [-0.25, -0.2) is 9.37 Å². The highest BCUT2D eigenvalue weighted by molar-refractivity contribution is 5.55. The van der Waals surface area contributed by atoms with Gasteiger partial charge in [0, 0.05) is 31.7 Å². The van der Waals surface area contributed by atoms with Crippen molar-refractivity contribution in [3.8, 4) is 11.4 Å². The van der Waals surface area contributed by atoms with Crippen LogP contribution in [0.4, 0.5) is 4.39 Å². The molecular weight excluding hydrogens is 409 g/mol. The maximum absolute atomic E-state index is 13.5. The lowest BCUT2D eigenvalue weighted by Gasteiger charge is -2.24. The smallest absolute Gasteiger partial charge is 0.140 e. The molecule has 0 spiro atoms. The standard InChI is InChI=1S/C29H32FN3/c1-2-3-19-33-28(21-31-29(33)26-12-8-5-9-13-26)23-32(20-18-24-10-6-4-7-11-24)22-25-14-16-27(30)17-15-25/h4-17,21H,2-3,18-20,22-23H2,1H3. The van der Waals surface area contributed by atoms with Crippen LogP contribution in [-0.4, -0.2) is 21.0 Å². The molecule has 170 valence electrons. The topological polar surface area (TPSA) is 21.1 Å². The van der Waals surface area contributed by atoms with Gasteiger partial charge < -0.3 is 4.57 Å². The van der Waals surface area contributed by atoms with Gasteiger partial charge in [0.05, 0.1) is 11.9 Å². The fourth-order valence-corrected chi connectivity index (χ4v) is 4.14. The highest BCUT2D eigenvalue weighted by Gasteiger charge is 2.15. The number of nitrogens with zero attached hydrogens (tertiary/aromatic N) is 3. The van der Waals surface area contributed by atoms with E-state index in [0.717, 1.165) is 62.4 Å². The van der Waals surface area contributed by atoms with Crippen molar-refractivity contribution in [1.29, 1.82) is 0 Å². The van der Waals surface area contributed by atoms with Crippen LogP contribution in [0.15, 0.2) is 91.1 Å². The Hall–Kier alpha value is -3.24. The van der Waals surface area contributed by atoms with Crippen LogP contribution in [0.5, 0.6) is 0 Å². The number of halogens is 1. The highest BCUT2D eigenvalue weighted by Crippen LogP contribution is 2.22. The van der Waals surface area contributed by atoms with Crippen molar-refractivity contribution in [3.63, 3.8) is 0 Å². The summed E-state index contributed by atoms with van der Waals surface area (Å²) in [4.78, 5) is 7.25. The molecule has 33 heavy (non-hydrogen) atoms. The second-order valence-corrected chi connectivity index (χ2v) is 8.52. The summed E-state index contributed by atoms with van der Waals surface area (Å²) in [5.74, 6) is 0.837. The van der Waals surface area contributed by atoms with Gasteiger partial charge in [0.15, 0.2) is 0 Å². The Kier molecular flexibility index (Phi) is 8.04. The molecule has 0 saturated carbocycles. The van der Waals surface area contributed by atoms with Crippen molar-refractivity contribution in [2.75, 3.05) is 6.54 Å². The third-order valence-corrected chi connectivity index (χ3v) is 5.97. The summed E-state index contributed by atoms with van der Waals surface area (Å²) in [6.07, 6.45) is 5.25. The molecule has 0 aliphatic rings. The predicted octanol–water partition coefficient (Wildman–Crippen LogP) is 6.73. The summed E-state index contributed by atoms with van der Waals surface area (Å²) in [7, 11) is 0. The van der Waals surface area contributed by atoms with Crippen molar-refractivity contribution in [3.05, 3.63) is 114 Å². The minimum Gasteiger partial charge on any atom is -0.327 e. The normalized spacial score (nSPS) is 11.2. The van der Waals surface area contributed by atoms with Crippen LogP contribution >= 0.6 is 0 Å². The van der Waals surface area contributed by atoms with E-state index in [4.69, 9.17) is 4.98 Å². The summed E-state index contributed by atoms with van der Waals surface area (Å²) >= 11 is 0. The van der Waals surface area contributed by atoms with E-state index in [1.54, 1.807) is 12.1 Å². The van der Waals surface area contributed by atoms with Crippen LogP contribution in [0.1, 0.15) is 36.6 Å². The fraction of sp³-hybridized carbons (Fsp3) is 0.276. The first-order valence-electron chi connectivity index (χ1n) is 11.8. The SMILES string of the molecule is CCCCn1c(CN(CCc2ccccc2)Cc2ccc(F)cc2)cnc1-c1ccccc1. The minimum absolute atomic E-state index is 0.195. The molecule has 3 nitrogen and oxygen atoms in total. The maximum Gasteiger partial charge on any atom is 0.140 e. The Morgan fingerprint density at radius 3 is 2.21 bits per heavy atom. The first-order chi connectivity index (χ1) is 16.2. The van der Waals surface area contributed by atoms with E-state index < -0.39 is 0 Å². The molecule has 0 N–H and O–H groups in total. The molecule has 0 aliphatic carbocycles. The number of imidazole rings is 1. The Morgan fingerprint density at radius 2 is 1.52 bits per heavy atom. The average Bonchev–Trinajstić information content (AvgIpc) is 3.26. The van der Waals surface area contributed by atoms with Gasteiger partial charge in [-0.1, -0.05) is 86.1 Å². The van der Waals surface area contributed by atoms with Gasteiger partial charge >= 0.3 is 0 Å². The first-order valence-corrected chi connectivity index (χ1v) is 11.8. The highest BCUT2D eigenvalue weighted by atomic mass is 19.1. The van der Waals surface area contributed by atoms with Crippen molar-refractivity contribution in [1.82, 2.24) is 14.5 Å². The summed E-state index contributed by atoms with van der Waals surface area (Å²) in [5.41, 5.74) is 4.81. The Labute approximate surface area is 196 Å². The molecule has 0 amide bonds. The van der Waals surface area contributed by atoms with Crippen LogP contribution in [0, 0.1) is 5.82 Å². The van der Waals surface area contributed by atoms with Gasteiger partial charge in [-0.2, -0.15) is 0 Å². The van der Waals surface area contributed by atoms with Gasteiger partial charge in [0.25, 0.3) is 0 Å². The molecule has 4 heteroatoms. The van der Waals surface area contributed by atoms with Crippen LogP contribution in [0.2, 0.25) is 0 Å². The zero-order chi connectivity index (χ0) is 22.9. The van der Waals surface area contributed by atoms with E-state index in [0.29, 0.717) is 0 Å². The molecule has 0 radical (unpaired) electrons. The monoisotopic (exact) mass is 441 g/mol. The van der Waals surface area contributed by atoms with Crippen molar-refractivity contribution in [2.45, 2.75) is 45.8 Å². The van der Waals surface area contributed by atoms with Crippen molar-refractivity contribution < 1.29 is 4.39 Å². The maximum atomic E-state index is 13.5. The lowest BCUT2D eigenvalue weighted by Crippen LogP contribution is -2.26. The van der Waals surface area contributed by atoms with E-state index in [-0.39, 0.29) is 5.82 Å². The number of rotatable bonds is 11. The van der Waals surface area contributed by atoms with E-state index in [2.05, 4.69) is 71.0 Å². The van der Waals surface area contributed by atoms with E-state index in [1.165, 1.54) is 11.3 Å². The minimum atomic E-state index is -0.195. The molecule has 0 aliphatic heterocycles. The van der Waals surface area contributed by atoms with Gasteiger partial charge in [-0.3, -0.25) is 4.90 Å². The predicted molar refractivity (Wildman–Crippen MR) is 133 cm³/mol. The summed E-state index contributed by atoms with van der Waals surface area (Å²) < 4.78 is 15.8. The Balaban J connectivity index is 1.58. The summed E-state index contributed by atoms with van der Waals surface area (Å²) in [6, 6.07) is 27.9. The lowest BCUT2D eigenvalue weighted by molar-refractivity contribution is 0.253. The lowest BCUT2D eigenvalue weighted by atomic mass is 10.1. The molecule has 3 aromatic carbocycles. The van der Waals surface area contributed by atoms with Gasteiger partial charge in [-0.15, -0.1) is 0 Å². The molecule has 4 rings (SSSR count). The van der Waals surface area contributed by atoms with Crippen LogP contribution in [0.3, 0.4) is 0 Å². The quantitative estimate of drug-likeness (QED) is 0.257. The van der Waals surface area contributed by atoms with E-state index in [1.807, 2.05) is 24.4 Å². The van der Waals surface area contributed by atoms with Gasteiger partial charge in [0.1, 0.15) is 11.6 Å². The van der Waals surface area contributed by atoms with Crippen LogP contribution in [0.25, 0.3) is 11.4 Å². The number of aromatic nitrogens is 2. The Bertz CT molecular complexity index is 1100. The van der Waals surface area contributed by atoms with Gasteiger partial charge in [0.2, 0.25) is 0 Å². The second-order valence-electron chi connectivity index (χ2n) is 8.52. The first kappa shape index (κ1) is 22.9. The number of benzene rings is 3. The fourth-order valence-electron chi connectivity index (χ4n) is 4.14. The summed E-state index contributed by atoms with van der Waals surface area (Å²) in [6.45, 7) is 5.67. The molecule has 0 fully saturated rings. The van der Waals surface area contributed by atoms with Crippen molar-refractivity contribution >= 4 is 0 Å². The average molecular weight is 442 g/mol. The molecule has 0 saturated heterocycles. The molecule has 1 aromatic heterocycles. The molecule has 0 atom stereocenters. The molecular formula is C29H32FN3. The van der Waals surface area contributed by atoms with E-state index >= 15 is 0 Å². The zero-order valence-electron chi connectivity index (χ0n) is 19.3. The molecule has 0 bridgehead atoms. The summed E-state index contributed by atoms with van der Waals surface area (Å²) in [5, 5.41) is 0. The number of unbranched alkanes of at least 4 members (excludes halogenated alkanes) is 1. The molecule has 0 unspecified atom stereocenters.